The first kappa shape index (κ1) is 19.7. The number of carbonyl (C=O) groups excluding carboxylic acids is 2. The summed E-state index contributed by atoms with van der Waals surface area (Å²) in [6.07, 6.45) is 2.09. The summed E-state index contributed by atoms with van der Waals surface area (Å²) in [6, 6.07) is 3.15. The molecule has 2 amide bonds. The molecule has 2 atom stereocenters. The number of carbonyl (C=O) groups is 2. The molecule has 2 N–H and O–H groups in total. The maximum atomic E-state index is 12.8. The third-order valence-corrected chi connectivity index (χ3v) is 5.68. The largest absolute Gasteiger partial charge is 0.507 e. The smallest absolute Gasteiger partial charge is 0.246 e. The number of phenols is 1. The molecule has 2 saturated heterocycles. The number of hydrogen-bond donors (Lipinski definition) is 2. The lowest BCUT2D eigenvalue weighted by atomic mass is 9.78. The third-order valence-electron chi connectivity index (χ3n) is 5.68. The van der Waals surface area contributed by atoms with Crippen molar-refractivity contribution in [2.75, 3.05) is 6.54 Å². The van der Waals surface area contributed by atoms with Crippen LogP contribution in [0.4, 0.5) is 0 Å². The predicted molar refractivity (Wildman–Crippen MR) is 106 cm³/mol. The summed E-state index contributed by atoms with van der Waals surface area (Å²) in [5, 5.41) is 13.8. The van der Waals surface area contributed by atoms with E-state index >= 15 is 0 Å². The van der Waals surface area contributed by atoms with E-state index in [1.165, 1.54) is 0 Å². The lowest BCUT2D eigenvalue weighted by Crippen LogP contribution is -2.61. The second kappa shape index (κ2) is 6.54. The fourth-order valence-corrected chi connectivity index (χ4v) is 4.16. The number of nitrogens with zero attached hydrogens (tertiary/aromatic N) is 1. The zero-order chi connectivity index (χ0) is 20.1. The highest BCUT2D eigenvalue weighted by Gasteiger charge is 2.43. The summed E-state index contributed by atoms with van der Waals surface area (Å²) in [5.74, 6) is 0.306. The molecule has 0 aromatic heterocycles. The quantitative estimate of drug-likeness (QED) is 0.838. The van der Waals surface area contributed by atoms with Crippen molar-refractivity contribution in [3.8, 4) is 5.75 Å². The van der Waals surface area contributed by atoms with Crippen molar-refractivity contribution in [2.45, 2.75) is 83.7 Å². The number of nitrogens with one attached hydrogen (secondary N) is 1. The molecule has 0 aliphatic carbocycles. The molecule has 1 aromatic rings. The summed E-state index contributed by atoms with van der Waals surface area (Å²) in [6.45, 7) is 13.1. The Hall–Kier alpha value is -2.04. The van der Waals surface area contributed by atoms with Crippen molar-refractivity contribution in [1.82, 2.24) is 10.2 Å². The zero-order valence-corrected chi connectivity index (χ0v) is 17.3. The molecule has 2 aliphatic heterocycles. The van der Waals surface area contributed by atoms with Crippen molar-refractivity contribution in [1.29, 1.82) is 0 Å². The van der Waals surface area contributed by atoms with Gasteiger partial charge in [-0.25, -0.2) is 0 Å². The van der Waals surface area contributed by atoms with E-state index in [1.807, 2.05) is 12.1 Å². The number of aromatic hydroxyl groups is 1. The monoisotopic (exact) mass is 372 g/mol. The van der Waals surface area contributed by atoms with Crippen LogP contribution in [0.3, 0.4) is 0 Å². The van der Waals surface area contributed by atoms with Gasteiger partial charge < -0.3 is 15.3 Å². The first-order valence-corrected chi connectivity index (χ1v) is 9.87. The Morgan fingerprint density at radius 2 is 1.63 bits per heavy atom. The van der Waals surface area contributed by atoms with Gasteiger partial charge in [-0.15, -0.1) is 0 Å². The van der Waals surface area contributed by atoms with Crippen LogP contribution in [0.15, 0.2) is 12.1 Å². The molecule has 1 aromatic carbocycles. The van der Waals surface area contributed by atoms with Crippen LogP contribution in [0.2, 0.25) is 0 Å². The number of piperazine rings is 1. The maximum absolute atomic E-state index is 12.8. The average molecular weight is 373 g/mol. The molecule has 148 valence electrons. The van der Waals surface area contributed by atoms with Gasteiger partial charge in [-0.3, -0.25) is 9.59 Å². The molecule has 5 nitrogen and oxygen atoms in total. The van der Waals surface area contributed by atoms with E-state index in [-0.39, 0.29) is 28.7 Å². The first-order chi connectivity index (χ1) is 12.4. The Labute approximate surface area is 162 Å². The number of phenolic OH excluding ortho intramolecular Hbond substituents is 1. The van der Waals surface area contributed by atoms with Crippen molar-refractivity contribution in [3.63, 3.8) is 0 Å². The lowest BCUT2D eigenvalue weighted by molar-refractivity contribution is -0.146. The van der Waals surface area contributed by atoms with Gasteiger partial charge in [0.25, 0.3) is 0 Å². The zero-order valence-electron chi connectivity index (χ0n) is 17.3. The molecule has 0 spiro atoms. The minimum Gasteiger partial charge on any atom is -0.507 e. The van der Waals surface area contributed by atoms with Gasteiger partial charge in [-0.05, 0) is 40.4 Å². The average Bonchev–Trinajstić information content (AvgIpc) is 3.02. The Kier molecular flexibility index (Phi) is 4.77. The van der Waals surface area contributed by atoms with Gasteiger partial charge in [0.1, 0.15) is 17.8 Å². The predicted octanol–water partition coefficient (Wildman–Crippen LogP) is 3.02. The van der Waals surface area contributed by atoms with Crippen LogP contribution < -0.4 is 5.32 Å². The van der Waals surface area contributed by atoms with Crippen molar-refractivity contribution < 1.29 is 14.7 Å². The highest BCUT2D eigenvalue weighted by molar-refractivity contribution is 5.97. The molecular formula is C22H32N2O3. The van der Waals surface area contributed by atoms with Crippen LogP contribution in [0.25, 0.3) is 0 Å². The van der Waals surface area contributed by atoms with Gasteiger partial charge in [0, 0.05) is 13.0 Å². The molecule has 2 heterocycles. The van der Waals surface area contributed by atoms with Gasteiger partial charge in [-0.1, -0.05) is 53.7 Å². The van der Waals surface area contributed by atoms with E-state index in [1.54, 1.807) is 4.90 Å². The van der Waals surface area contributed by atoms with Gasteiger partial charge >= 0.3 is 0 Å². The van der Waals surface area contributed by atoms with E-state index < -0.39 is 6.04 Å². The number of benzene rings is 1. The van der Waals surface area contributed by atoms with E-state index in [2.05, 4.69) is 46.9 Å². The summed E-state index contributed by atoms with van der Waals surface area (Å²) in [5.41, 5.74) is 2.27. The Morgan fingerprint density at radius 3 is 2.15 bits per heavy atom. The van der Waals surface area contributed by atoms with Gasteiger partial charge in [0.05, 0.1) is 0 Å². The molecule has 2 aliphatic rings. The summed E-state index contributed by atoms with van der Waals surface area (Å²) < 4.78 is 0. The van der Waals surface area contributed by atoms with Crippen LogP contribution in [-0.4, -0.2) is 40.4 Å². The molecule has 0 saturated carbocycles. The number of rotatable bonds is 2. The van der Waals surface area contributed by atoms with E-state index in [0.29, 0.717) is 18.7 Å². The van der Waals surface area contributed by atoms with E-state index in [4.69, 9.17) is 0 Å². The molecule has 5 heteroatoms. The molecule has 27 heavy (non-hydrogen) atoms. The van der Waals surface area contributed by atoms with E-state index in [9.17, 15) is 14.7 Å². The third kappa shape index (κ3) is 3.69. The molecule has 1 unspecified atom stereocenters. The fourth-order valence-electron chi connectivity index (χ4n) is 4.16. The standard InChI is InChI=1S/C22H32N2O3/c1-21(2,3)14-10-13(11-15(18(14)25)22(4,5)6)12-16-20(27)24-9-7-8-17(24)19(26)23-16/h10-11,16-17,25H,7-9,12H2,1-6H3,(H,23,26)/t16-,17?/m0/s1. The van der Waals surface area contributed by atoms with Crippen LogP contribution in [0.1, 0.15) is 71.1 Å². The van der Waals surface area contributed by atoms with Gasteiger partial charge in [0.2, 0.25) is 11.8 Å². The van der Waals surface area contributed by atoms with Crippen LogP contribution >= 0.6 is 0 Å². The highest BCUT2D eigenvalue weighted by Crippen LogP contribution is 2.40. The van der Waals surface area contributed by atoms with Crippen LogP contribution in [-0.2, 0) is 26.8 Å². The normalized spacial score (nSPS) is 23.4. The van der Waals surface area contributed by atoms with Gasteiger partial charge in [0.15, 0.2) is 0 Å². The summed E-state index contributed by atoms with van der Waals surface area (Å²) in [4.78, 5) is 27.0. The summed E-state index contributed by atoms with van der Waals surface area (Å²) >= 11 is 0. The van der Waals surface area contributed by atoms with Crippen molar-refractivity contribution in [2.24, 2.45) is 0 Å². The molecular weight excluding hydrogens is 340 g/mol. The Balaban J connectivity index is 1.97. The molecule has 3 rings (SSSR count). The van der Waals surface area contributed by atoms with E-state index in [0.717, 1.165) is 29.5 Å². The Bertz CT molecular complexity index is 736. The van der Waals surface area contributed by atoms with Crippen LogP contribution in [0.5, 0.6) is 5.75 Å². The minimum atomic E-state index is -0.531. The lowest BCUT2D eigenvalue weighted by Gasteiger charge is -2.35. The molecule has 2 fully saturated rings. The topological polar surface area (TPSA) is 69.6 Å². The minimum absolute atomic E-state index is 0.0137. The van der Waals surface area contributed by atoms with Gasteiger partial charge in [-0.2, -0.15) is 0 Å². The maximum Gasteiger partial charge on any atom is 0.246 e. The van der Waals surface area contributed by atoms with Crippen LogP contribution in [0, 0.1) is 0 Å². The second-order valence-electron chi connectivity index (χ2n) is 9.99. The summed E-state index contributed by atoms with van der Waals surface area (Å²) in [7, 11) is 0. The number of fused-ring (bicyclic) bond motifs is 1. The Morgan fingerprint density at radius 1 is 1.07 bits per heavy atom. The van der Waals surface area contributed by atoms with Crippen molar-refractivity contribution in [3.05, 3.63) is 28.8 Å². The SMILES string of the molecule is CC(C)(C)c1cc(C[C@@H]2NC(=O)C3CCCN3C2=O)cc(C(C)(C)C)c1O. The van der Waals surface area contributed by atoms with Crippen molar-refractivity contribution >= 4 is 11.8 Å². The fraction of sp³-hybridized carbons (Fsp3) is 0.636. The first-order valence-electron chi connectivity index (χ1n) is 9.87. The number of amides is 2. The molecule has 0 bridgehead atoms. The molecule has 0 radical (unpaired) electrons. The second-order valence-corrected chi connectivity index (χ2v) is 9.99. The number of hydrogen-bond acceptors (Lipinski definition) is 3. The highest BCUT2D eigenvalue weighted by atomic mass is 16.3.